The van der Waals surface area contributed by atoms with Crippen LogP contribution in [0.5, 0.6) is 0 Å². The molecular formula is C11H25NO2. The first kappa shape index (κ1) is 13.9. The second-order valence-corrected chi connectivity index (χ2v) is 4.79. The summed E-state index contributed by atoms with van der Waals surface area (Å²) in [5, 5.41) is 12.8. The van der Waals surface area contributed by atoms with Crippen molar-refractivity contribution in [2.45, 2.75) is 58.8 Å². The van der Waals surface area contributed by atoms with Gasteiger partial charge in [0.2, 0.25) is 0 Å². The average Bonchev–Trinajstić information content (AvgIpc) is 2.09. The van der Waals surface area contributed by atoms with E-state index in [-0.39, 0.29) is 5.60 Å². The summed E-state index contributed by atoms with van der Waals surface area (Å²) in [5.41, 5.74) is -0.169. The predicted molar refractivity (Wildman–Crippen MR) is 59.5 cm³/mol. The molecule has 0 aromatic heterocycles. The predicted octanol–water partition coefficient (Wildman–Crippen LogP) is 1.55. The molecule has 86 valence electrons. The molecule has 0 aliphatic heterocycles. The van der Waals surface area contributed by atoms with Crippen molar-refractivity contribution in [1.82, 2.24) is 5.32 Å². The first-order valence-electron chi connectivity index (χ1n) is 5.40. The lowest BCUT2D eigenvalue weighted by Gasteiger charge is -2.22. The zero-order valence-electron chi connectivity index (χ0n) is 10.1. The highest BCUT2D eigenvalue weighted by molar-refractivity contribution is 4.66. The van der Waals surface area contributed by atoms with Crippen molar-refractivity contribution in [3.63, 3.8) is 0 Å². The highest BCUT2D eigenvalue weighted by Gasteiger charge is 2.13. The van der Waals surface area contributed by atoms with E-state index in [2.05, 4.69) is 19.2 Å². The lowest BCUT2D eigenvalue weighted by molar-refractivity contribution is -0.0482. The molecule has 2 atom stereocenters. The first-order valence-corrected chi connectivity index (χ1v) is 5.40. The smallest absolute Gasteiger partial charge is 0.0898 e. The molecule has 0 aliphatic carbocycles. The van der Waals surface area contributed by atoms with Crippen molar-refractivity contribution < 1.29 is 9.84 Å². The molecule has 0 bridgehead atoms. The van der Waals surface area contributed by atoms with Gasteiger partial charge in [0.15, 0.2) is 0 Å². The normalized spacial score (nSPS) is 16.7. The Balaban J connectivity index is 3.51. The van der Waals surface area contributed by atoms with E-state index in [0.717, 1.165) is 6.42 Å². The number of hydrogen-bond acceptors (Lipinski definition) is 3. The van der Waals surface area contributed by atoms with E-state index >= 15 is 0 Å². The number of nitrogens with one attached hydrogen (secondary N) is 1. The molecule has 0 aliphatic rings. The minimum atomic E-state index is -0.414. The molecule has 0 fully saturated rings. The Hall–Kier alpha value is -0.120. The molecule has 14 heavy (non-hydrogen) atoms. The maximum atomic E-state index is 9.57. The number of rotatable bonds is 6. The Kier molecular flexibility index (Phi) is 6.33. The van der Waals surface area contributed by atoms with Crippen LogP contribution in [0.3, 0.4) is 0 Å². The fourth-order valence-corrected chi connectivity index (χ4v) is 0.887. The van der Waals surface area contributed by atoms with Gasteiger partial charge in [0.05, 0.1) is 18.3 Å². The van der Waals surface area contributed by atoms with Crippen LogP contribution in [0.1, 0.15) is 41.0 Å². The average molecular weight is 203 g/mol. The third kappa shape index (κ3) is 8.48. The molecule has 0 radical (unpaired) electrons. The van der Waals surface area contributed by atoms with Crippen LogP contribution in [0.25, 0.3) is 0 Å². The van der Waals surface area contributed by atoms with Gasteiger partial charge < -0.3 is 15.2 Å². The molecule has 0 saturated carbocycles. The van der Waals surface area contributed by atoms with Crippen LogP contribution in [0, 0.1) is 0 Å². The first-order chi connectivity index (χ1) is 6.35. The Morgan fingerprint density at radius 2 is 1.93 bits per heavy atom. The molecule has 0 saturated heterocycles. The summed E-state index contributed by atoms with van der Waals surface area (Å²) >= 11 is 0. The summed E-state index contributed by atoms with van der Waals surface area (Å²) in [7, 11) is 0. The molecule has 0 rings (SSSR count). The van der Waals surface area contributed by atoms with Crippen LogP contribution >= 0.6 is 0 Å². The maximum absolute atomic E-state index is 9.57. The number of hydrogen-bond donors (Lipinski definition) is 2. The Labute approximate surface area is 87.8 Å². The van der Waals surface area contributed by atoms with Crippen molar-refractivity contribution in [3.05, 3.63) is 0 Å². The van der Waals surface area contributed by atoms with E-state index in [0.29, 0.717) is 19.2 Å². The highest BCUT2D eigenvalue weighted by atomic mass is 16.5. The van der Waals surface area contributed by atoms with Gasteiger partial charge in [0.25, 0.3) is 0 Å². The summed E-state index contributed by atoms with van der Waals surface area (Å²) in [6.45, 7) is 11.2. The van der Waals surface area contributed by atoms with E-state index in [9.17, 15) is 5.11 Å². The molecule has 2 N–H and O–H groups in total. The topological polar surface area (TPSA) is 41.5 Å². The van der Waals surface area contributed by atoms with Gasteiger partial charge in [-0.15, -0.1) is 0 Å². The van der Waals surface area contributed by atoms with Gasteiger partial charge in [-0.25, -0.2) is 0 Å². The second kappa shape index (κ2) is 6.38. The molecule has 3 nitrogen and oxygen atoms in total. The van der Waals surface area contributed by atoms with Crippen molar-refractivity contribution in [1.29, 1.82) is 0 Å². The number of ether oxygens (including phenoxy) is 1. The minimum absolute atomic E-state index is 0.169. The van der Waals surface area contributed by atoms with Gasteiger partial charge in [-0.1, -0.05) is 6.92 Å². The Morgan fingerprint density at radius 1 is 1.36 bits per heavy atom. The molecule has 2 unspecified atom stereocenters. The maximum Gasteiger partial charge on any atom is 0.0898 e. The Bertz CT molecular complexity index is 143. The van der Waals surface area contributed by atoms with Gasteiger partial charge in [-0.2, -0.15) is 0 Å². The molecule has 0 aromatic carbocycles. The molecule has 0 aromatic rings. The number of aliphatic hydroxyl groups excluding tert-OH is 1. The van der Waals surface area contributed by atoms with E-state index in [1.54, 1.807) is 0 Å². The van der Waals surface area contributed by atoms with Crippen LogP contribution < -0.4 is 5.32 Å². The van der Waals surface area contributed by atoms with Gasteiger partial charge >= 0.3 is 0 Å². The standard InChI is InChI=1S/C11H25NO2/c1-6-9(2)12-7-10(13)8-14-11(3,4)5/h9-10,12-13H,6-8H2,1-5H3. The van der Waals surface area contributed by atoms with Crippen LogP contribution in [-0.2, 0) is 4.74 Å². The van der Waals surface area contributed by atoms with Gasteiger partial charge in [0.1, 0.15) is 0 Å². The van der Waals surface area contributed by atoms with Crippen LogP contribution in [0.4, 0.5) is 0 Å². The van der Waals surface area contributed by atoms with Crippen LogP contribution in [-0.4, -0.2) is 36.0 Å². The van der Waals surface area contributed by atoms with Crippen molar-refractivity contribution in [2.24, 2.45) is 0 Å². The second-order valence-electron chi connectivity index (χ2n) is 4.79. The van der Waals surface area contributed by atoms with Gasteiger partial charge in [0, 0.05) is 12.6 Å². The van der Waals surface area contributed by atoms with E-state index < -0.39 is 6.10 Å². The molecule has 0 spiro atoms. The molecule has 3 heteroatoms. The summed E-state index contributed by atoms with van der Waals surface area (Å²) in [6.07, 6.45) is 0.663. The van der Waals surface area contributed by atoms with Gasteiger partial charge in [-0.05, 0) is 34.1 Å². The third-order valence-corrected chi connectivity index (χ3v) is 2.02. The largest absolute Gasteiger partial charge is 0.389 e. The third-order valence-electron chi connectivity index (χ3n) is 2.02. The fourth-order valence-electron chi connectivity index (χ4n) is 0.887. The van der Waals surface area contributed by atoms with E-state index in [4.69, 9.17) is 4.74 Å². The quantitative estimate of drug-likeness (QED) is 0.688. The SMILES string of the molecule is CCC(C)NCC(O)COC(C)(C)C. The Morgan fingerprint density at radius 3 is 2.36 bits per heavy atom. The zero-order chi connectivity index (χ0) is 11.2. The summed E-state index contributed by atoms with van der Waals surface area (Å²) in [5.74, 6) is 0. The van der Waals surface area contributed by atoms with Crippen molar-refractivity contribution in [3.8, 4) is 0 Å². The van der Waals surface area contributed by atoms with Crippen LogP contribution in [0.15, 0.2) is 0 Å². The zero-order valence-corrected chi connectivity index (χ0v) is 10.1. The molecule has 0 heterocycles. The lowest BCUT2D eigenvalue weighted by Crippen LogP contribution is -2.37. The summed E-state index contributed by atoms with van der Waals surface area (Å²) < 4.78 is 5.47. The summed E-state index contributed by atoms with van der Waals surface area (Å²) in [6, 6.07) is 0.458. The van der Waals surface area contributed by atoms with Crippen LogP contribution in [0.2, 0.25) is 0 Å². The fraction of sp³-hybridized carbons (Fsp3) is 1.00. The molecular weight excluding hydrogens is 178 g/mol. The van der Waals surface area contributed by atoms with E-state index in [1.165, 1.54) is 0 Å². The van der Waals surface area contributed by atoms with Gasteiger partial charge in [-0.3, -0.25) is 0 Å². The molecule has 0 amide bonds. The van der Waals surface area contributed by atoms with Crippen molar-refractivity contribution in [2.75, 3.05) is 13.2 Å². The number of aliphatic hydroxyl groups is 1. The van der Waals surface area contributed by atoms with E-state index in [1.807, 2.05) is 20.8 Å². The monoisotopic (exact) mass is 203 g/mol. The lowest BCUT2D eigenvalue weighted by atomic mass is 10.2. The van der Waals surface area contributed by atoms with Crippen molar-refractivity contribution >= 4 is 0 Å². The highest BCUT2D eigenvalue weighted by Crippen LogP contribution is 2.06. The minimum Gasteiger partial charge on any atom is -0.389 e. The summed E-state index contributed by atoms with van der Waals surface area (Å²) in [4.78, 5) is 0.